The summed E-state index contributed by atoms with van der Waals surface area (Å²) in [6.07, 6.45) is 6.03. The van der Waals surface area contributed by atoms with Gasteiger partial charge in [0.05, 0.1) is 0 Å². The molecular formula is C21H31N4O2+. The Bertz CT molecular complexity index is 793. The molecule has 2 aliphatic rings. The molecule has 0 spiro atoms. The molecule has 0 aromatic heterocycles. The van der Waals surface area contributed by atoms with E-state index in [1.165, 1.54) is 5.56 Å². The van der Waals surface area contributed by atoms with Crippen molar-refractivity contribution in [2.24, 2.45) is 0 Å². The number of rotatable bonds is 4. The van der Waals surface area contributed by atoms with Gasteiger partial charge in [0.15, 0.2) is 5.54 Å². The molecule has 0 saturated carbocycles. The van der Waals surface area contributed by atoms with E-state index in [0.717, 1.165) is 23.2 Å². The summed E-state index contributed by atoms with van der Waals surface area (Å²) >= 11 is 0. The number of nitroso groups, excluding NO2 is 1. The summed E-state index contributed by atoms with van der Waals surface area (Å²) < 4.78 is 0.908. The molecule has 1 saturated heterocycles. The number of aryl methyl sites for hydroxylation is 1. The Morgan fingerprint density at radius 1 is 1.07 bits per heavy atom. The van der Waals surface area contributed by atoms with Gasteiger partial charge in [-0.1, -0.05) is 37.6 Å². The van der Waals surface area contributed by atoms with Crippen LogP contribution >= 0.6 is 0 Å². The maximum atomic E-state index is 13.1. The van der Waals surface area contributed by atoms with E-state index in [9.17, 15) is 10.1 Å². The van der Waals surface area contributed by atoms with Crippen molar-refractivity contribution in [3.8, 4) is 0 Å². The summed E-state index contributed by atoms with van der Waals surface area (Å²) in [5, 5.41) is 13.0. The third kappa shape index (κ3) is 3.07. The molecule has 1 unspecified atom stereocenters. The summed E-state index contributed by atoms with van der Waals surface area (Å²) in [6.45, 7) is 10.2. The Morgan fingerprint density at radius 2 is 1.67 bits per heavy atom. The minimum absolute atomic E-state index is 0.101. The van der Waals surface area contributed by atoms with E-state index in [-0.39, 0.29) is 10.9 Å². The molecular weight excluding hydrogens is 340 g/mol. The van der Waals surface area contributed by atoms with E-state index in [1.54, 1.807) is 0 Å². The monoisotopic (exact) mass is 371 g/mol. The van der Waals surface area contributed by atoms with Gasteiger partial charge in [-0.2, -0.15) is 0 Å². The highest BCUT2D eigenvalue weighted by Gasteiger charge is 2.68. The van der Waals surface area contributed by atoms with Gasteiger partial charge in [-0.15, -0.1) is 0 Å². The van der Waals surface area contributed by atoms with E-state index in [2.05, 4.69) is 31.2 Å². The Morgan fingerprint density at radius 3 is 2.19 bits per heavy atom. The van der Waals surface area contributed by atoms with E-state index in [4.69, 9.17) is 0 Å². The van der Waals surface area contributed by atoms with Crippen LogP contribution in [0, 0.1) is 10.1 Å². The first-order chi connectivity index (χ1) is 12.6. The topological polar surface area (TPSA) is 54.1 Å². The zero-order valence-corrected chi connectivity index (χ0v) is 17.2. The standard InChI is InChI=1S/C21H31N4O2/c1-7-8-16-9-11-17(12-10-16)15-23-14-13-22(6)18(23)19-24(26)20(2,3)21(4,5)25(19)27/h9-14,24H,7-8,15H2,1-6H3/q+1. The highest BCUT2D eigenvalue weighted by Crippen LogP contribution is 2.33. The summed E-state index contributed by atoms with van der Waals surface area (Å²) in [5.74, 6) is 0.909. The van der Waals surface area contributed by atoms with E-state index in [0.29, 0.717) is 12.4 Å². The van der Waals surface area contributed by atoms with Crippen molar-refractivity contribution in [2.75, 3.05) is 7.05 Å². The Hall–Kier alpha value is -2.18. The van der Waals surface area contributed by atoms with Gasteiger partial charge in [0, 0.05) is 44.7 Å². The fraction of sp³-hybridized carbons (Fsp3) is 0.524. The molecule has 6 heteroatoms. The first-order valence-electron chi connectivity index (χ1n) is 9.63. The average molecular weight is 372 g/mol. The number of nitrogens with zero attached hydrogens (tertiary/aromatic N) is 3. The van der Waals surface area contributed by atoms with Gasteiger partial charge < -0.3 is 15.0 Å². The second-order valence-electron chi connectivity index (χ2n) is 8.58. The molecule has 2 heterocycles. The normalized spacial score (nSPS) is 26.3. The minimum Gasteiger partial charge on any atom is -0.624 e. The van der Waals surface area contributed by atoms with Crippen molar-refractivity contribution < 1.29 is 9.82 Å². The Kier molecular flexibility index (Phi) is 4.91. The maximum absolute atomic E-state index is 13.1. The predicted molar refractivity (Wildman–Crippen MR) is 106 cm³/mol. The van der Waals surface area contributed by atoms with Gasteiger partial charge in [0.2, 0.25) is 0 Å². The molecule has 1 aromatic rings. The zero-order valence-electron chi connectivity index (χ0n) is 17.2. The first-order valence-corrected chi connectivity index (χ1v) is 9.63. The van der Waals surface area contributed by atoms with Crippen molar-refractivity contribution in [2.45, 2.75) is 65.1 Å². The SMILES string of the molecule is CCCc1ccc(CN2C=CN(C)C2=C2[N+](=O)C(C)(C)C(C)(C)[NH+]2[O-])cc1. The fourth-order valence-electron chi connectivity index (χ4n) is 3.64. The van der Waals surface area contributed by atoms with Crippen LogP contribution in [0.1, 0.15) is 52.2 Å². The lowest BCUT2D eigenvalue weighted by Gasteiger charge is -2.31. The summed E-state index contributed by atoms with van der Waals surface area (Å²) in [5.41, 5.74) is 0.945. The van der Waals surface area contributed by atoms with Crippen molar-refractivity contribution in [1.29, 1.82) is 0 Å². The van der Waals surface area contributed by atoms with Crippen LogP contribution in [0.25, 0.3) is 0 Å². The number of quaternary nitrogens is 1. The number of benzene rings is 1. The van der Waals surface area contributed by atoms with Crippen LogP contribution in [-0.4, -0.2) is 32.7 Å². The summed E-state index contributed by atoms with van der Waals surface area (Å²) in [7, 11) is 1.88. The zero-order chi connectivity index (χ0) is 20.0. The predicted octanol–water partition coefficient (Wildman–Crippen LogP) is 2.72. The Labute approximate surface area is 161 Å². The molecule has 1 N–H and O–H groups in total. The molecule has 0 aliphatic carbocycles. The second kappa shape index (κ2) is 6.77. The number of hydrogen-bond acceptors (Lipinski definition) is 4. The largest absolute Gasteiger partial charge is 0.624 e. The first kappa shape index (κ1) is 19.6. The van der Waals surface area contributed by atoms with Crippen molar-refractivity contribution in [3.63, 3.8) is 0 Å². The molecule has 27 heavy (non-hydrogen) atoms. The molecule has 146 valence electrons. The van der Waals surface area contributed by atoms with Crippen LogP contribution in [0.3, 0.4) is 0 Å². The number of hydrogen-bond donors (Lipinski definition) is 1. The maximum Gasteiger partial charge on any atom is 0.457 e. The van der Waals surface area contributed by atoms with Crippen LogP contribution in [0.4, 0.5) is 0 Å². The van der Waals surface area contributed by atoms with Crippen molar-refractivity contribution in [3.05, 3.63) is 69.5 Å². The molecule has 1 aromatic carbocycles. The second-order valence-corrected chi connectivity index (χ2v) is 8.58. The van der Waals surface area contributed by atoms with Gasteiger partial charge in [-0.05, 0) is 31.4 Å². The van der Waals surface area contributed by atoms with E-state index in [1.807, 2.05) is 56.9 Å². The van der Waals surface area contributed by atoms with Crippen LogP contribution in [0.5, 0.6) is 0 Å². The third-order valence-electron chi connectivity index (χ3n) is 6.23. The van der Waals surface area contributed by atoms with Crippen molar-refractivity contribution in [1.82, 2.24) is 9.80 Å². The lowest BCUT2D eigenvalue weighted by Crippen LogP contribution is -3.13. The highest BCUT2D eigenvalue weighted by atomic mass is 16.5. The van der Waals surface area contributed by atoms with Crippen LogP contribution in [0.15, 0.2) is 48.3 Å². The number of hydroxylamine groups is 2. The van der Waals surface area contributed by atoms with Crippen LogP contribution in [-0.2, 0) is 13.0 Å². The minimum atomic E-state index is -0.788. The quantitative estimate of drug-likeness (QED) is 0.653. The third-order valence-corrected chi connectivity index (χ3v) is 6.23. The average Bonchev–Trinajstić information content (AvgIpc) is 3.01. The molecule has 1 fully saturated rings. The van der Waals surface area contributed by atoms with E-state index < -0.39 is 11.1 Å². The summed E-state index contributed by atoms with van der Waals surface area (Å²) in [6, 6.07) is 8.56. The van der Waals surface area contributed by atoms with Crippen LogP contribution in [0.2, 0.25) is 0 Å². The molecule has 6 nitrogen and oxygen atoms in total. The molecule has 2 aliphatic heterocycles. The lowest BCUT2D eigenvalue weighted by molar-refractivity contribution is -0.874. The molecule has 3 rings (SSSR count). The van der Waals surface area contributed by atoms with Crippen LogP contribution < -0.4 is 5.06 Å². The molecule has 0 radical (unpaired) electrons. The fourth-order valence-corrected chi connectivity index (χ4v) is 3.64. The highest BCUT2D eigenvalue weighted by molar-refractivity contribution is 5.25. The molecule has 0 amide bonds. The van der Waals surface area contributed by atoms with Gasteiger partial charge in [-0.3, -0.25) is 5.06 Å². The summed E-state index contributed by atoms with van der Waals surface area (Å²) in [4.78, 5) is 16.9. The van der Waals surface area contributed by atoms with E-state index >= 15 is 0 Å². The molecule has 1 atom stereocenters. The van der Waals surface area contributed by atoms with Gasteiger partial charge in [-0.25, -0.2) is 0 Å². The van der Waals surface area contributed by atoms with Gasteiger partial charge >= 0.3 is 5.82 Å². The van der Waals surface area contributed by atoms with Crippen molar-refractivity contribution >= 4 is 0 Å². The molecule has 0 bridgehead atoms. The number of nitrogens with one attached hydrogen (secondary N) is 1. The Balaban J connectivity index is 1.94. The smallest absolute Gasteiger partial charge is 0.457 e. The van der Waals surface area contributed by atoms with Gasteiger partial charge in [0.1, 0.15) is 4.76 Å². The lowest BCUT2D eigenvalue weighted by atomic mass is 9.84. The van der Waals surface area contributed by atoms with Gasteiger partial charge in [0.25, 0.3) is 11.4 Å².